The van der Waals surface area contributed by atoms with Gasteiger partial charge in [0.15, 0.2) is 0 Å². The van der Waals surface area contributed by atoms with Gasteiger partial charge in [0.2, 0.25) is 11.8 Å². The second-order valence-electron chi connectivity index (χ2n) is 3.14. The van der Waals surface area contributed by atoms with Gasteiger partial charge in [-0.2, -0.15) is 0 Å². The first-order valence-electron chi connectivity index (χ1n) is 4.67. The zero-order valence-corrected chi connectivity index (χ0v) is 11.1. The summed E-state index contributed by atoms with van der Waals surface area (Å²) in [5.74, 6) is -1.26. The fourth-order valence-corrected chi connectivity index (χ4v) is 2.26. The number of primary amides is 1. The van der Waals surface area contributed by atoms with Gasteiger partial charge in [-0.05, 0) is 34.1 Å². The number of hydrogen-bond donors (Lipinski definition) is 3. The molecule has 1 heterocycles. The molecule has 1 aromatic heterocycles. The lowest BCUT2D eigenvalue weighted by Gasteiger charge is -2.05. The molecule has 2 amide bonds. The van der Waals surface area contributed by atoms with Crippen LogP contribution in [0, 0.1) is 0 Å². The van der Waals surface area contributed by atoms with Crippen LogP contribution in [0.2, 0.25) is 0 Å². The van der Waals surface area contributed by atoms with E-state index >= 15 is 0 Å². The summed E-state index contributed by atoms with van der Waals surface area (Å²) in [5.41, 5.74) is 4.83. The summed E-state index contributed by atoms with van der Waals surface area (Å²) in [6, 6.07) is 3.73. The molecule has 1 unspecified atom stereocenters. The van der Waals surface area contributed by atoms with E-state index in [1.54, 1.807) is 6.08 Å². The lowest BCUT2D eigenvalue weighted by Crippen LogP contribution is -2.39. The molecule has 92 valence electrons. The second kappa shape index (κ2) is 6.53. The summed E-state index contributed by atoms with van der Waals surface area (Å²) in [7, 11) is 0. The first kappa shape index (κ1) is 13.9. The predicted molar refractivity (Wildman–Crippen MR) is 69.3 cm³/mol. The Kier molecular flexibility index (Phi) is 5.33. The molecule has 0 saturated carbocycles. The van der Waals surface area contributed by atoms with Gasteiger partial charge >= 0.3 is 0 Å². The Bertz CT molecular complexity index is 445. The van der Waals surface area contributed by atoms with Crippen LogP contribution in [-0.4, -0.2) is 29.6 Å². The molecule has 0 fully saturated rings. The van der Waals surface area contributed by atoms with E-state index in [0.29, 0.717) is 0 Å². The Morgan fingerprint density at radius 2 is 2.29 bits per heavy atom. The third-order valence-corrected chi connectivity index (χ3v) is 3.38. The average Bonchev–Trinajstić information content (AvgIpc) is 2.69. The highest BCUT2D eigenvalue weighted by Crippen LogP contribution is 2.22. The predicted octanol–water partition coefficient (Wildman–Crippen LogP) is 0.486. The third-order valence-electron chi connectivity index (χ3n) is 1.79. The molecule has 0 saturated heterocycles. The molecule has 7 heteroatoms. The van der Waals surface area contributed by atoms with E-state index < -0.39 is 17.9 Å². The number of amides is 2. The number of hydrogen-bond acceptors (Lipinski definition) is 4. The summed E-state index contributed by atoms with van der Waals surface area (Å²) in [6.45, 7) is -0.188. The lowest BCUT2D eigenvalue weighted by molar-refractivity contribution is -0.126. The molecule has 5 nitrogen and oxygen atoms in total. The average molecular weight is 319 g/mol. The van der Waals surface area contributed by atoms with Gasteiger partial charge in [-0.15, -0.1) is 11.3 Å². The Labute approximate surface area is 110 Å². The molecule has 0 aliphatic rings. The van der Waals surface area contributed by atoms with E-state index in [4.69, 9.17) is 10.8 Å². The number of carbonyl (C=O) groups is 2. The molecule has 0 aliphatic heterocycles. The van der Waals surface area contributed by atoms with Crippen molar-refractivity contribution in [3.8, 4) is 0 Å². The maximum atomic E-state index is 11.3. The Hall–Kier alpha value is -1.18. The molecule has 1 atom stereocenters. The summed E-state index contributed by atoms with van der Waals surface area (Å²) in [5, 5.41) is 11.4. The fraction of sp³-hybridized carbons (Fsp3) is 0.200. The minimum Gasteiger partial charge on any atom is -0.381 e. The van der Waals surface area contributed by atoms with Gasteiger partial charge in [0, 0.05) is 11.0 Å². The van der Waals surface area contributed by atoms with Crippen molar-refractivity contribution in [2.45, 2.75) is 6.10 Å². The standard InChI is InChI=1S/C10H11BrN2O3S/c11-8-3-1-6(17-8)2-4-9(15)13-5-7(14)10(12)16/h1-4,7,14H,5H2,(H2,12,16)(H,13,15)/b4-2+. The number of rotatable bonds is 5. The number of halogens is 1. The van der Waals surface area contributed by atoms with Gasteiger partial charge in [0.25, 0.3) is 0 Å². The highest BCUT2D eigenvalue weighted by molar-refractivity contribution is 9.11. The van der Waals surface area contributed by atoms with E-state index in [1.807, 2.05) is 12.1 Å². The zero-order chi connectivity index (χ0) is 12.8. The Balaban J connectivity index is 2.39. The normalized spacial score (nSPS) is 12.6. The Morgan fingerprint density at radius 1 is 1.59 bits per heavy atom. The summed E-state index contributed by atoms with van der Waals surface area (Å²) >= 11 is 4.79. The molecule has 0 spiro atoms. The van der Waals surface area contributed by atoms with Crippen molar-refractivity contribution >= 4 is 45.2 Å². The highest BCUT2D eigenvalue weighted by Gasteiger charge is 2.10. The van der Waals surface area contributed by atoms with E-state index in [9.17, 15) is 9.59 Å². The number of thiophene rings is 1. The molecule has 4 N–H and O–H groups in total. The first-order valence-corrected chi connectivity index (χ1v) is 6.28. The van der Waals surface area contributed by atoms with Gasteiger partial charge < -0.3 is 16.2 Å². The number of aliphatic hydroxyl groups excluding tert-OH is 1. The maximum absolute atomic E-state index is 11.3. The molecule has 1 aromatic rings. The smallest absolute Gasteiger partial charge is 0.248 e. The SMILES string of the molecule is NC(=O)C(O)CNC(=O)/C=C/c1ccc(Br)s1. The van der Waals surface area contributed by atoms with Crippen molar-refractivity contribution in [3.63, 3.8) is 0 Å². The summed E-state index contributed by atoms with van der Waals surface area (Å²) in [4.78, 5) is 22.7. The van der Waals surface area contributed by atoms with Crippen molar-refractivity contribution in [2.75, 3.05) is 6.54 Å². The van der Waals surface area contributed by atoms with Crippen molar-refractivity contribution in [3.05, 3.63) is 26.9 Å². The van der Waals surface area contributed by atoms with Gasteiger partial charge in [-0.25, -0.2) is 0 Å². The molecule has 1 rings (SSSR count). The molecular weight excluding hydrogens is 308 g/mol. The van der Waals surface area contributed by atoms with Crippen molar-refractivity contribution < 1.29 is 14.7 Å². The number of carbonyl (C=O) groups excluding carboxylic acids is 2. The largest absolute Gasteiger partial charge is 0.381 e. The Morgan fingerprint density at radius 3 is 2.82 bits per heavy atom. The number of aliphatic hydroxyl groups is 1. The summed E-state index contributed by atoms with van der Waals surface area (Å²) in [6.07, 6.45) is 1.61. The van der Waals surface area contributed by atoms with Crippen LogP contribution in [0.4, 0.5) is 0 Å². The minimum atomic E-state index is -1.36. The van der Waals surface area contributed by atoms with Crippen LogP contribution in [0.5, 0.6) is 0 Å². The molecule has 0 bridgehead atoms. The number of nitrogens with one attached hydrogen (secondary N) is 1. The molecule has 0 aromatic carbocycles. The van der Waals surface area contributed by atoms with Crippen molar-refractivity contribution in [1.82, 2.24) is 5.32 Å². The molecule has 0 radical (unpaired) electrons. The topological polar surface area (TPSA) is 92.4 Å². The second-order valence-corrected chi connectivity index (χ2v) is 5.63. The van der Waals surface area contributed by atoms with Gasteiger partial charge in [0.1, 0.15) is 6.10 Å². The van der Waals surface area contributed by atoms with E-state index in [-0.39, 0.29) is 6.54 Å². The van der Waals surface area contributed by atoms with Gasteiger partial charge in [-0.3, -0.25) is 9.59 Å². The van der Waals surface area contributed by atoms with E-state index in [1.165, 1.54) is 17.4 Å². The number of nitrogens with two attached hydrogens (primary N) is 1. The van der Waals surface area contributed by atoms with E-state index in [2.05, 4.69) is 21.2 Å². The highest BCUT2D eigenvalue weighted by atomic mass is 79.9. The minimum absolute atomic E-state index is 0.188. The zero-order valence-electron chi connectivity index (χ0n) is 8.72. The molecule has 17 heavy (non-hydrogen) atoms. The first-order chi connectivity index (χ1) is 7.99. The third kappa shape index (κ3) is 5.12. The van der Waals surface area contributed by atoms with Crippen LogP contribution >= 0.6 is 27.3 Å². The quantitative estimate of drug-likeness (QED) is 0.690. The van der Waals surface area contributed by atoms with Crippen molar-refractivity contribution in [1.29, 1.82) is 0 Å². The van der Waals surface area contributed by atoms with Crippen LogP contribution in [0.15, 0.2) is 22.0 Å². The lowest BCUT2D eigenvalue weighted by atomic mass is 10.3. The van der Waals surface area contributed by atoms with Crippen LogP contribution in [0.1, 0.15) is 4.88 Å². The van der Waals surface area contributed by atoms with Crippen LogP contribution in [0.3, 0.4) is 0 Å². The van der Waals surface area contributed by atoms with Crippen molar-refractivity contribution in [2.24, 2.45) is 5.73 Å². The maximum Gasteiger partial charge on any atom is 0.248 e. The van der Waals surface area contributed by atoms with Gasteiger partial charge in [-0.1, -0.05) is 0 Å². The molecular formula is C10H11BrN2O3S. The van der Waals surface area contributed by atoms with Crippen LogP contribution in [0.25, 0.3) is 6.08 Å². The van der Waals surface area contributed by atoms with Crippen LogP contribution in [-0.2, 0) is 9.59 Å². The monoisotopic (exact) mass is 318 g/mol. The van der Waals surface area contributed by atoms with Gasteiger partial charge in [0.05, 0.1) is 10.3 Å². The van der Waals surface area contributed by atoms with Crippen LogP contribution < -0.4 is 11.1 Å². The van der Waals surface area contributed by atoms with E-state index in [0.717, 1.165) is 8.66 Å². The summed E-state index contributed by atoms with van der Waals surface area (Å²) < 4.78 is 0.974. The molecule has 0 aliphatic carbocycles. The fourth-order valence-electron chi connectivity index (χ4n) is 0.932.